The van der Waals surface area contributed by atoms with Gasteiger partial charge in [0.1, 0.15) is 12.5 Å². The maximum atomic E-state index is 12.3. The molecule has 0 N–H and O–H groups in total. The van der Waals surface area contributed by atoms with E-state index in [1.165, 1.54) is 12.5 Å². The Morgan fingerprint density at radius 2 is 2.00 bits per heavy atom. The third-order valence-corrected chi connectivity index (χ3v) is 4.67. The largest absolute Gasteiger partial charge is 0.472 e. The second-order valence-electron chi connectivity index (χ2n) is 6.23. The number of benzene rings is 1. The van der Waals surface area contributed by atoms with Crippen LogP contribution in [0.2, 0.25) is 5.02 Å². The van der Waals surface area contributed by atoms with Crippen molar-refractivity contribution in [1.82, 2.24) is 14.8 Å². The van der Waals surface area contributed by atoms with E-state index < -0.39 is 0 Å². The van der Waals surface area contributed by atoms with Crippen LogP contribution in [0, 0.1) is 0 Å². The van der Waals surface area contributed by atoms with Crippen molar-refractivity contribution in [3.05, 3.63) is 65.4 Å². The summed E-state index contributed by atoms with van der Waals surface area (Å²) in [4.78, 5) is 21.0. The van der Waals surface area contributed by atoms with E-state index in [9.17, 15) is 4.79 Å². The number of furan rings is 1. The molecule has 0 aliphatic carbocycles. The van der Waals surface area contributed by atoms with Gasteiger partial charge in [0, 0.05) is 43.3 Å². The lowest BCUT2D eigenvalue weighted by molar-refractivity contribution is 0.0626. The number of hydrogen-bond donors (Lipinski definition) is 0. The van der Waals surface area contributed by atoms with Gasteiger partial charge >= 0.3 is 0 Å². The monoisotopic (exact) mass is 371 g/mol. The fourth-order valence-electron chi connectivity index (χ4n) is 3.04. The van der Waals surface area contributed by atoms with Gasteiger partial charge in [-0.2, -0.15) is 0 Å². The maximum Gasteiger partial charge on any atom is 0.257 e. The van der Waals surface area contributed by atoms with Crippen LogP contribution in [0.4, 0.5) is 0 Å². The number of rotatable bonds is 4. The third kappa shape index (κ3) is 3.66. The number of carbonyl (C=O) groups excluding carboxylic acids is 1. The van der Waals surface area contributed by atoms with Gasteiger partial charge in [-0.15, -0.1) is 0 Å². The summed E-state index contributed by atoms with van der Waals surface area (Å²) in [5, 5.41) is 0.653. The van der Waals surface area contributed by atoms with Crippen LogP contribution < -0.4 is 0 Å². The van der Waals surface area contributed by atoms with E-state index in [0.717, 1.165) is 24.3 Å². The van der Waals surface area contributed by atoms with Crippen LogP contribution in [-0.2, 0) is 6.54 Å². The maximum absolute atomic E-state index is 12.3. The van der Waals surface area contributed by atoms with Crippen molar-refractivity contribution in [2.45, 2.75) is 6.54 Å². The number of amides is 1. The van der Waals surface area contributed by atoms with E-state index in [0.29, 0.717) is 36.1 Å². The number of piperazine rings is 1. The Kier molecular flexibility index (Phi) is 4.77. The number of halogens is 1. The van der Waals surface area contributed by atoms with Gasteiger partial charge in [-0.1, -0.05) is 17.7 Å². The summed E-state index contributed by atoms with van der Waals surface area (Å²) in [6.45, 7) is 3.65. The highest BCUT2D eigenvalue weighted by Crippen LogP contribution is 2.22. The molecule has 3 heterocycles. The Balaban J connectivity index is 1.34. The fraction of sp³-hybridized carbons (Fsp3) is 0.263. The molecule has 4 rings (SSSR count). The molecule has 1 amide bonds. The quantitative estimate of drug-likeness (QED) is 0.701. The summed E-state index contributed by atoms with van der Waals surface area (Å²) in [7, 11) is 0. The molecule has 0 unspecified atom stereocenters. The number of aromatic nitrogens is 1. The summed E-state index contributed by atoms with van der Waals surface area (Å²) in [6.07, 6.45) is 4.69. The lowest BCUT2D eigenvalue weighted by atomic mass is 10.2. The van der Waals surface area contributed by atoms with Gasteiger partial charge in [-0.25, -0.2) is 4.98 Å². The second-order valence-corrected chi connectivity index (χ2v) is 6.67. The standard InChI is InChI=1S/C19H18ClN3O3/c20-16-3-1-2-14(10-16)18-21-17(13-26-18)11-22-5-7-23(8-6-22)19(24)15-4-9-25-12-15/h1-4,9-10,12-13H,5-8,11H2. The van der Waals surface area contributed by atoms with Gasteiger partial charge in [-0.3, -0.25) is 9.69 Å². The van der Waals surface area contributed by atoms with Gasteiger partial charge in [0.05, 0.1) is 17.5 Å². The second kappa shape index (κ2) is 7.35. The van der Waals surface area contributed by atoms with Crippen LogP contribution in [0.1, 0.15) is 16.1 Å². The van der Waals surface area contributed by atoms with Crippen LogP contribution in [0.25, 0.3) is 11.5 Å². The molecular formula is C19H18ClN3O3. The first kappa shape index (κ1) is 16.9. The minimum Gasteiger partial charge on any atom is -0.472 e. The first-order chi connectivity index (χ1) is 12.7. The van der Waals surface area contributed by atoms with Gasteiger partial charge < -0.3 is 13.7 Å². The fourth-order valence-corrected chi connectivity index (χ4v) is 3.23. The van der Waals surface area contributed by atoms with E-state index in [1.54, 1.807) is 12.3 Å². The zero-order valence-corrected chi connectivity index (χ0v) is 14.9. The Labute approximate surface area is 156 Å². The normalized spacial score (nSPS) is 15.3. The van der Waals surface area contributed by atoms with Crippen LogP contribution >= 0.6 is 11.6 Å². The molecule has 134 valence electrons. The molecule has 0 radical (unpaired) electrons. The molecule has 3 aromatic rings. The van der Waals surface area contributed by atoms with Gasteiger partial charge in [0.2, 0.25) is 5.89 Å². The topological polar surface area (TPSA) is 62.7 Å². The van der Waals surface area contributed by atoms with Crippen molar-refractivity contribution in [3.63, 3.8) is 0 Å². The minimum absolute atomic E-state index is 0.0167. The summed E-state index contributed by atoms with van der Waals surface area (Å²) in [5.74, 6) is 0.583. The minimum atomic E-state index is 0.0167. The van der Waals surface area contributed by atoms with Crippen molar-refractivity contribution in [2.24, 2.45) is 0 Å². The van der Waals surface area contributed by atoms with Gasteiger partial charge in [-0.05, 0) is 24.3 Å². The Hall–Kier alpha value is -2.57. The molecular weight excluding hydrogens is 354 g/mol. The highest BCUT2D eigenvalue weighted by Gasteiger charge is 2.23. The van der Waals surface area contributed by atoms with Crippen LogP contribution in [0.3, 0.4) is 0 Å². The molecule has 7 heteroatoms. The van der Waals surface area contributed by atoms with Crippen LogP contribution in [0.5, 0.6) is 0 Å². The summed E-state index contributed by atoms with van der Waals surface area (Å²) in [5.41, 5.74) is 2.33. The van der Waals surface area contributed by atoms with Crippen LogP contribution in [0.15, 0.2) is 58.0 Å². The van der Waals surface area contributed by atoms with Crippen molar-refractivity contribution in [1.29, 1.82) is 0 Å². The van der Waals surface area contributed by atoms with E-state index in [-0.39, 0.29) is 5.91 Å². The molecule has 0 bridgehead atoms. The molecule has 1 aromatic carbocycles. The van der Waals surface area contributed by atoms with E-state index in [2.05, 4.69) is 9.88 Å². The SMILES string of the molecule is O=C(c1ccoc1)N1CCN(Cc2coc(-c3cccc(Cl)c3)n2)CC1. The lowest BCUT2D eigenvalue weighted by Gasteiger charge is -2.34. The predicted molar refractivity (Wildman–Crippen MR) is 96.8 cm³/mol. The highest BCUT2D eigenvalue weighted by molar-refractivity contribution is 6.30. The zero-order chi connectivity index (χ0) is 17.9. The lowest BCUT2D eigenvalue weighted by Crippen LogP contribution is -2.48. The number of oxazole rings is 1. The van der Waals surface area contributed by atoms with Gasteiger partial charge in [0.15, 0.2) is 0 Å². The molecule has 1 aliphatic heterocycles. The summed E-state index contributed by atoms with van der Waals surface area (Å²) in [6, 6.07) is 9.14. The molecule has 0 saturated carbocycles. The average Bonchev–Trinajstić information content (AvgIpc) is 3.34. The summed E-state index contributed by atoms with van der Waals surface area (Å²) < 4.78 is 10.6. The molecule has 0 spiro atoms. The molecule has 1 aliphatic rings. The number of nitrogens with zero attached hydrogens (tertiary/aromatic N) is 3. The summed E-state index contributed by atoms with van der Waals surface area (Å²) >= 11 is 6.02. The molecule has 1 saturated heterocycles. The third-order valence-electron chi connectivity index (χ3n) is 4.44. The Morgan fingerprint density at radius 1 is 1.15 bits per heavy atom. The van der Waals surface area contributed by atoms with Crippen LogP contribution in [-0.4, -0.2) is 46.9 Å². The van der Waals surface area contributed by atoms with E-state index >= 15 is 0 Å². The average molecular weight is 372 g/mol. The van der Waals surface area contributed by atoms with Crippen molar-refractivity contribution in [3.8, 4) is 11.5 Å². The van der Waals surface area contributed by atoms with Crippen molar-refractivity contribution in [2.75, 3.05) is 26.2 Å². The van der Waals surface area contributed by atoms with Crippen molar-refractivity contribution >= 4 is 17.5 Å². The van der Waals surface area contributed by atoms with Gasteiger partial charge in [0.25, 0.3) is 5.91 Å². The first-order valence-corrected chi connectivity index (χ1v) is 8.81. The molecule has 2 aromatic heterocycles. The number of hydrogen-bond acceptors (Lipinski definition) is 5. The Bertz CT molecular complexity index is 883. The van der Waals surface area contributed by atoms with E-state index in [1.807, 2.05) is 29.2 Å². The number of carbonyl (C=O) groups is 1. The molecule has 0 atom stereocenters. The molecule has 26 heavy (non-hydrogen) atoms. The first-order valence-electron chi connectivity index (χ1n) is 8.43. The smallest absolute Gasteiger partial charge is 0.257 e. The van der Waals surface area contributed by atoms with E-state index in [4.69, 9.17) is 20.4 Å². The molecule has 6 nitrogen and oxygen atoms in total. The Morgan fingerprint density at radius 3 is 2.73 bits per heavy atom. The molecule has 1 fully saturated rings. The zero-order valence-electron chi connectivity index (χ0n) is 14.1. The predicted octanol–water partition coefficient (Wildman–Crippen LogP) is 3.55. The highest BCUT2D eigenvalue weighted by atomic mass is 35.5. The van der Waals surface area contributed by atoms with Crippen molar-refractivity contribution < 1.29 is 13.6 Å².